The zero-order valence-electron chi connectivity index (χ0n) is 12.8. The number of methoxy groups -OCH3 is 1. The van der Waals surface area contributed by atoms with Crippen molar-refractivity contribution in [1.82, 2.24) is 0 Å². The SMILES string of the molecule is COc1cc(C)c(C2(N)CCCC(C)CC2)cc1C. The van der Waals surface area contributed by atoms with Gasteiger partial charge in [0, 0.05) is 5.54 Å². The summed E-state index contributed by atoms with van der Waals surface area (Å²) in [7, 11) is 1.73. The highest BCUT2D eigenvalue weighted by Gasteiger charge is 2.31. The second kappa shape index (κ2) is 5.54. The maximum Gasteiger partial charge on any atom is 0.122 e. The maximum atomic E-state index is 6.76. The van der Waals surface area contributed by atoms with Crippen LogP contribution in [0, 0.1) is 19.8 Å². The Bertz CT molecular complexity index is 455. The average Bonchev–Trinajstić information content (AvgIpc) is 2.55. The predicted octanol–water partition coefficient (Wildman–Crippen LogP) is 4.07. The molecule has 1 saturated carbocycles. The largest absolute Gasteiger partial charge is 0.496 e. The lowest BCUT2D eigenvalue weighted by atomic mass is 9.80. The Morgan fingerprint density at radius 3 is 2.58 bits per heavy atom. The van der Waals surface area contributed by atoms with Crippen molar-refractivity contribution in [3.8, 4) is 5.75 Å². The van der Waals surface area contributed by atoms with Crippen LogP contribution < -0.4 is 10.5 Å². The zero-order chi connectivity index (χ0) is 14.0. The zero-order valence-corrected chi connectivity index (χ0v) is 12.8. The highest BCUT2D eigenvalue weighted by atomic mass is 16.5. The van der Waals surface area contributed by atoms with Gasteiger partial charge in [-0.25, -0.2) is 0 Å². The second-order valence-electron chi connectivity index (χ2n) is 6.33. The van der Waals surface area contributed by atoms with Gasteiger partial charge in [0.1, 0.15) is 5.75 Å². The monoisotopic (exact) mass is 261 g/mol. The third-order valence-corrected chi connectivity index (χ3v) is 4.68. The molecular formula is C17H27NO. The minimum absolute atomic E-state index is 0.147. The number of nitrogens with two attached hydrogens (primary N) is 1. The predicted molar refractivity (Wildman–Crippen MR) is 80.6 cm³/mol. The Labute approximate surface area is 117 Å². The van der Waals surface area contributed by atoms with Gasteiger partial charge >= 0.3 is 0 Å². The lowest BCUT2D eigenvalue weighted by Crippen LogP contribution is -2.37. The van der Waals surface area contributed by atoms with E-state index in [4.69, 9.17) is 10.5 Å². The summed E-state index contributed by atoms with van der Waals surface area (Å²) < 4.78 is 5.40. The number of hydrogen-bond acceptors (Lipinski definition) is 2. The molecule has 0 radical (unpaired) electrons. The molecule has 0 aromatic heterocycles. The van der Waals surface area contributed by atoms with E-state index in [0.717, 1.165) is 24.5 Å². The summed E-state index contributed by atoms with van der Waals surface area (Å²) in [5.41, 5.74) is 10.4. The van der Waals surface area contributed by atoms with Gasteiger partial charge in [-0.2, -0.15) is 0 Å². The molecule has 2 rings (SSSR count). The van der Waals surface area contributed by atoms with Crippen LogP contribution in [0.1, 0.15) is 55.7 Å². The van der Waals surface area contributed by atoms with E-state index in [9.17, 15) is 0 Å². The van der Waals surface area contributed by atoms with Crippen molar-refractivity contribution in [2.45, 2.75) is 58.4 Å². The van der Waals surface area contributed by atoms with Gasteiger partial charge in [0.05, 0.1) is 7.11 Å². The van der Waals surface area contributed by atoms with Crippen molar-refractivity contribution in [3.05, 3.63) is 28.8 Å². The average molecular weight is 261 g/mol. The Kier molecular flexibility index (Phi) is 4.19. The maximum absolute atomic E-state index is 6.76. The van der Waals surface area contributed by atoms with Crippen LogP contribution in [0.5, 0.6) is 5.75 Å². The Morgan fingerprint density at radius 2 is 1.89 bits per heavy atom. The molecule has 0 spiro atoms. The number of aryl methyl sites for hydroxylation is 2. The molecule has 1 aliphatic carbocycles. The fourth-order valence-electron chi connectivity index (χ4n) is 3.35. The Balaban J connectivity index is 2.37. The van der Waals surface area contributed by atoms with Crippen molar-refractivity contribution < 1.29 is 4.74 Å². The molecule has 19 heavy (non-hydrogen) atoms. The minimum atomic E-state index is -0.147. The molecule has 0 aliphatic heterocycles. The summed E-state index contributed by atoms with van der Waals surface area (Å²) in [5, 5.41) is 0. The number of ether oxygens (including phenoxy) is 1. The molecular weight excluding hydrogens is 234 g/mol. The van der Waals surface area contributed by atoms with Crippen LogP contribution in [-0.2, 0) is 5.54 Å². The fraction of sp³-hybridized carbons (Fsp3) is 0.647. The van der Waals surface area contributed by atoms with E-state index in [1.54, 1.807) is 7.11 Å². The number of hydrogen-bond donors (Lipinski definition) is 1. The molecule has 2 unspecified atom stereocenters. The first-order valence-corrected chi connectivity index (χ1v) is 7.41. The molecule has 0 heterocycles. The van der Waals surface area contributed by atoms with Crippen LogP contribution in [0.15, 0.2) is 12.1 Å². The van der Waals surface area contributed by atoms with Gasteiger partial charge in [0.25, 0.3) is 0 Å². The fourth-order valence-corrected chi connectivity index (χ4v) is 3.35. The van der Waals surface area contributed by atoms with E-state index in [1.165, 1.54) is 36.0 Å². The molecule has 2 N–H and O–H groups in total. The van der Waals surface area contributed by atoms with Gasteiger partial charge in [0.2, 0.25) is 0 Å². The summed E-state index contributed by atoms with van der Waals surface area (Å²) in [6.45, 7) is 6.60. The molecule has 1 aromatic carbocycles. The summed E-state index contributed by atoms with van der Waals surface area (Å²) in [6, 6.07) is 4.37. The van der Waals surface area contributed by atoms with Gasteiger partial charge in [-0.1, -0.05) is 25.8 Å². The summed E-state index contributed by atoms with van der Waals surface area (Å²) in [6.07, 6.45) is 5.99. The van der Waals surface area contributed by atoms with Crippen molar-refractivity contribution in [2.75, 3.05) is 7.11 Å². The Hall–Kier alpha value is -1.02. The first kappa shape index (κ1) is 14.4. The van der Waals surface area contributed by atoms with Gasteiger partial charge in [0.15, 0.2) is 0 Å². The normalized spacial score (nSPS) is 27.9. The van der Waals surface area contributed by atoms with Crippen LogP contribution in [0.3, 0.4) is 0 Å². The smallest absolute Gasteiger partial charge is 0.122 e. The van der Waals surface area contributed by atoms with E-state index >= 15 is 0 Å². The summed E-state index contributed by atoms with van der Waals surface area (Å²) in [4.78, 5) is 0. The molecule has 2 atom stereocenters. The van der Waals surface area contributed by atoms with E-state index in [0.29, 0.717) is 0 Å². The molecule has 0 saturated heterocycles. The highest BCUT2D eigenvalue weighted by molar-refractivity contribution is 5.44. The molecule has 2 nitrogen and oxygen atoms in total. The molecule has 0 amide bonds. The quantitative estimate of drug-likeness (QED) is 0.815. The first-order chi connectivity index (χ1) is 8.96. The molecule has 1 fully saturated rings. The van der Waals surface area contributed by atoms with E-state index < -0.39 is 0 Å². The van der Waals surface area contributed by atoms with Gasteiger partial charge < -0.3 is 10.5 Å². The number of benzene rings is 1. The Morgan fingerprint density at radius 1 is 1.16 bits per heavy atom. The summed E-state index contributed by atoms with van der Waals surface area (Å²) in [5.74, 6) is 1.77. The third-order valence-electron chi connectivity index (χ3n) is 4.68. The minimum Gasteiger partial charge on any atom is -0.496 e. The lowest BCUT2D eigenvalue weighted by molar-refractivity contribution is 0.373. The van der Waals surface area contributed by atoms with Crippen LogP contribution in [0.25, 0.3) is 0 Å². The first-order valence-electron chi connectivity index (χ1n) is 7.41. The van der Waals surface area contributed by atoms with Crippen LogP contribution in [0.4, 0.5) is 0 Å². The second-order valence-corrected chi connectivity index (χ2v) is 6.33. The molecule has 1 aliphatic rings. The van der Waals surface area contributed by atoms with E-state index in [1.807, 2.05) is 0 Å². The standard InChI is InChI=1S/C17H27NO/c1-12-6-5-8-17(18,9-7-12)15-10-14(3)16(19-4)11-13(15)2/h10-12H,5-9,18H2,1-4H3. The molecule has 2 heteroatoms. The van der Waals surface area contributed by atoms with Crippen molar-refractivity contribution >= 4 is 0 Å². The summed E-state index contributed by atoms with van der Waals surface area (Å²) >= 11 is 0. The van der Waals surface area contributed by atoms with Gasteiger partial charge in [-0.05, 0) is 61.8 Å². The third kappa shape index (κ3) is 2.94. The van der Waals surface area contributed by atoms with Crippen LogP contribution >= 0.6 is 0 Å². The van der Waals surface area contributed by atoms with Gasteiger partial charge in [-0.3, -0.25) is 0 Å². The number of rotatable bonds is 2. The molecule has 0 bridgehead atoms. The molecule has 106 valence electrons. The van der Waals surface area contributed by atoms with Crippen molar-refractivity contribution in [1.29, 1.82) is 0 Å². The van der Waals surface area contributed by atoms with Crippen LogP contribution in [-0.4, -0.2) is 7.11 Å². The van der Waals surface area contributed by atoms with Crippen LogP contribution in [0.2, 0.25) is 0 Å². The van der Waals surface area contributed by atoms with E-state index in [2.05, 4.69) is 32.9 Å². The molecule has 1 aromatic rings. The topological polar surface area (TPSA) is 35.2 Å². The van der Waals surface area contributed by atoms with E-state index in [-0.39, 0.29) is 5.54 Å². The van der Waals surface area contributed by atoms with Gasteiger partial charge in [-0.15, -0.1) is 0 Å². The van der Waals surface area contributed by atoms with Crippen molar-refractivity contribution in [3.63, 3.8) is 0 Å². The lowest BCUT2D eigenvalue weighted by Gasteiger charge is -2.31. The van der Waals surface area contributed by atoms with Crippen molar-refractivity contribution in [2.24, 2.45) is 11.7 Å². The highest BCUT2D eigenvalue weighted by Crippen LogP contribution is 2.38.